The van der Waals surface area contributed by atoms with Crippen LogP contribution in [-0.4, -0.2) is 32.7 Å². The summed E-state index contributed by atoms with van der Waals surface area (Å²) < 4.78 is 0. The Bertz CT molecular complexity index is 73.7. The second-order valence-electron chi connectivity index (χ2n) is 0.565. The minimum absolute atomic E-state index is 0. The maximum absolute atomic E-state index is 8.56. The summed E-state index contributed by atoms with van der Waals surface area (Å²) >= 11 is 0. The quantitative estimate of drug-likeness (QED) is 0.467. The topological polar surface area (TPSA) is 115 Å². The van der Waals surface area contributed by atoms with Crippen LogP contribution in [0.1, 0.15) is 0 Å². The van der Waals surface area contributed by atoms with Gasteiger partial charge < -0.3 is 20.4 Å². The summed E-state index contributed by atoms with van der Waals surface area (Å²) in [5.74, 6) is 0. The molecule has 0 aliphatic heterocycles. The van der Waals surface area contributed by atoms with Crippen molar-refractivity contribution in [1.82, 2.24) is 0 Å². The van der Waals surface area contributed by atoms with Crippen LogP contribution < -0.4 is 0 Å². The molecule has 4 N–H and O–H groups in total. The van der Waals surface area contributed by atoms with E-state index in [0.29, 0.717) is 0 Å². The summed E-state index contributed by atoms with van der Waals surface area (Å²) in [4.78, 5) is 17.1. The van der Waals surface area contributed by atoms with Gasteiger partial charge in [-0.15, -0.1) is 0 Å². The molecule has 0 unspecified atom stereocenters. The van der Waals surface area contributed by atoms with Gasteiger partial charge in [-0.2, -0.15) is 0 Å². The molecule has 0 saturated heterocycles. The fourth-order valence-corrected chi connectivity index (χ4v) is 0. The Kier molecular flexibility index (Phi) is 37.3. The minimum Gasteiger partial charge on any atom is -0.450 e. The smallest absolute Gasteiger partial charge is 0.450 e. The molecule has 55 valence electrons. The molecule has 0 aromatic carbocycles. The van der Waals surface area contributed by atoms with Crippen LogP contribution in [0, 0.1) is 77.3 Å². The van der Waals surface area contributed by atoms with Crippen LogP contribution in [-0.2, 0) is 0 Å². The molecule has 0 saturated carbocycles. The second-order valence-corrected chi connectivity index (χ2v) is 0.565. The van der Waals surface area contributed by atoms with Gasteiger partial charge in [0.25, 0.3) is 0 Å². The van der Waals surface area contributed by atoms with Crippen molar-refractivity contribution in [3.05, 3.63) is 0 Å². The van der Waals surface area contributed by atoms with Crippen LogP contribution in [0.15, 0.2) is 0 Å². The number of carbonyl (C=O) groups is 2. The van der Waals surface area contributed by atoms with E-state index >= 15 is 0 Å². The van der Waals surface area contributed by atoms with Gasteiger partial charge in [0.15, 0.2) is 0 Å². The predicted molar refractivity (Wildman–Crippen MR) is 21.3 cm³/mol. The molecule has 0 aromatic heterocycles. The van der Waals surface area contributed by atoms with Crippen LogP contribution in [0.2, 0.25) is 0 Å². The van der Waals surface area contributed by atoms with Crippen LogP contribution in [0.3, 0.4) is 0 Å². The second kappa shape index (κ2) is 16.6. The Morgan fingerprint density at radius 3 is 0.800 bits per heavy atom. The van der Waals surface area contributed by atoms with Crippen molar-refractivity contribution >= 4 is 12.3 Å². The third-order valence-corrected chi connectivity index (χ3v) is 0. The maximum Gasteiger partial charge on any atom is 0.503 e. The molecule has 10 heavy (non-hydrogen) atoms. The number of hydrogen-bond donors (Lipinski definition) is 4. The van der Waals surface area contributed by atoms with Gasteiger partial charge in [0.2, 0.25) is 0 Å². The fraction of sp³-hybridized carbons (Fsp3) is 0. The summed E-state index contributed by atoms with van der Waals surface area (Å²) in [6, 6.07) is 0. The van der Waals surface area contributed by atoms with Gasteiger partial charge >= 0.3 is 12.3 Å². The van der Waals surface area contributed by atoms with E-state index in [9.17, 15) is 0 Å². The van der Waals surface area contributed by atoms with Crippen LogP contribution in [0.5, 0.6) is 0 Å². The van der Waals surface area contributed by atoms with Gasteiger partial charge in [0.05, 0.1) is 0 Å². The summed E-state index contributed by atoms with van der Waals surface area (Å²) in [5, 5.41) is 27.9. The van der Waals surface area contributed by atoms with E-state index in [4.69, 9.17) is 30.0 Å². The van der Waals surface area contributed by atoms with Crippen molar-refractivity contribution in [3.63, 3.8) is 0 Å². The first kappa shape index (κ1) is 22.5. The zero-order valence-corrected chi connectivity index (χ0v) is 11.4. The van der Waals surface area contributed by atoms with E-state index in [2.05, 4.69) is 0 Å². The zero-order chi connectivity index (χ0) is 7.15. The molecule has 0 bridgehead atoms. The van der Waals surface area contributed by atoms with Gasteiger partial charge in [-0.3, -0.25) is 0 Å². The first-order valence-corrected chi connectivity index (χ1v) is 1.30. The van der Waals surface area contributed by atoms with Crippen LogP contribution in [0.25, 0.3) is 0 Å². The summed E-state index contributed by atoms with van der Waals surface area (Å²) in [5.41, 5.74) is 0. The Hall–Kier alpha value is 1.11. The monoisotopic (exact) mass is 403 g/mol. The van der Waals surface area contributed by atoms with Crippen molar-refractivity contribution in [3.8, 4) is 0 Å². The van der Waals surface area contributed by atoms with Gasteiger partial charge in [-0.05, 0) is 0 Å². The molecule has 0 heterocycles. The van der Waals surface area contributed by atoms with Crippen molar-refractivity contribution in [1.29, 1.82) is 0 Å². The van der Waals surface area contributed by atoms with E-state index in [1.807, 2.05) is 0 Å². The Morgan fingerprint density at radius 2 is 0.800 bits per heavy atom. The standard InChI is InChI=1S/2CH2O3.Ce.La/c2*2-1(3)4;;/h2*(H2,2,3,4);;. The molecule has 0 atom stereocenters. The SMILES string of the molecule is O=C(O)O.O=C(O)O.[Ce].[La]. The average Bonchev–Trinajstić information content (AvgIpc) is 1.25. The van der Waals surface area contributed by atoms with Gasteiger partial charge in [-0.1, -0.05) is 0 Å². The summed E-state index contributed by atoms with van der Waals surface area (Å²) in [7, 11) is 0. The van der Waals surface area contributed by atoms with E-state index in [-0.39, 0.29) is 77.3 Å². The van der Waals surface area contributed by atoms with E-state index in [0.717, 1.165) is 0 Å². The molecule has 1 radical (unpaired) electrons. The molecule has 0 aliphatic carbocycles. The average molecular weight is 403 g/mol. The van der Waals surface area contributed by atoms with E-state index in [1.54, 1.807) is 0 Å². The first-order chi connectivity index (χ1) is 3.46. The third-order valence-electron chi connectivity index (χ3n) is 0. The van der Waals surface area contributed by atoms with Gasteiger partial charge in [0.1, 0.15) is 0 Å². The normalized spacial score (nSPS) is 4.80. The molecule has 8 heteroatoms. The number of rotatable bonds is 0. The summed E-state index contributed by atoms with van der Waals surface area (Å²) in [6.45, 7) is 0. The molecule has 0 fully saturated rings. The molecule has 0 aromatic rings. The Balaban J connectivity index is -0.0000000300. The molecule has 0 amide bonds. The van der Waals surface area contributed by atoms with Crippen LogP contribution in [0.4, 0.5) is 9.59 Å². The summed E-state index contributed by atoms with van der Waals surface area (Å²) in [6.07, 6.45) is -3.67. The maximum atomic E-state index is 8.56. The third kappa shape index (κ3) is 485. The first-order valence-electron chi connectivity index (χ1n) is 1.30. The van der Waals surface area contributed by atoms with Gasteiger partial charge in [-0.25, -0.2) is 9.59 Å². The van der Waals surface area contributed by atoms with Crippen molar-refractivity contribution < 1.29 is 107 Å². The number of carboxylic acid groups (broad SMARTS) is 4. The van der Waals surface area contributed by atoms with E-state index < -0.39 is 12.3 Å². The fourth-order valence-electron chi connectivity index (χ4n) is 0. The van der Waals surface area contributed by atoms with Crippen LogP contribution >= 0.6 is 0 Å². The molecule has 0 rings (SSSR count). The predicted octanol–water partition coefficient (Wildman–Crippen LogP) is 0.445. The molecular formula is C2H4CeLaO6. The largest absolute Gasteiger partial charge is 0.503 e. The van der Waals surface area contributed by atoms with Crippen molar-refractivity contribution in [2.75, 3.05) is 0 Å². The van der Waals surface area contributed by atoms with Crippen molar-refractivity contribution in [2.24, 2.45) is 0 Å². The Morgan fingerprint density at radius 1 is 0.800 bits per heavy atom. The minimum atomic E-state index is -1.83. The molecular weight excluding hydrogens is 399 g/mol. The number of hydrogen-bond acceptors (Lipinski definition) is 2. The molecule has 0 aliphatic rings. The van der Waals surface area contributed by atoms with Crippen molar-refractivity contribution in [2.45, 2.75) is 0 Å². The van der Waals surface area contributed by atoms with Gasteiger partial charge in [0, 0.05) is 77.3 Å². The van der Waals surface area contributed by atoms with E-state index in [1.165, 1.54) is 0 Å². The Labute approximate surface area is 118 Å². The molecule has 6 nitrogen and oxygen atoms in total. The zero-order valence-electron chi connectivity index (χ0n) is 4.68. The molecule has 0 spiro atoms.